The Morgan fingerprint density at radius 3 is 2.67 bits per heavy atom. The largest absolute Gasteiger partial charge is 0.322 e. The fourth-order valence-electron chi connectivity index (χ4n) is 1.94. The molecule has 0 saturated carbocycles. The molecule has 0 fully saturated rings. The average molecular weight is 319 g/mol. The summed E-state index contributed by atoms with van der Waals surface area (Å²) >= 11 is 1.63. The average Bonchev–Trinajstić information content (AvgIpc) is 2.47. The zero-order valence-corrected chi connectivity index (χ0v) is 13.6. The standard InChI is InChI=1S/C16H17NO2S2/c1-20-15-8-4-7-14(10-15)17-16(18)13-6-3-5-12(9-13)11-21(2)19/h3-10H,11H2,1-2H3,(H,17,18)/t21-/m0/s1. The molecule has 0 radical (unpaired) electrons. The molecule has 5 heteroatoms. The van der Waals surface area contributed by atoms with Crippen molar-refractivity contribution in [2.75, 3.05) is 17.8 Å². The van der Waals surface area contributed by atoms with E-state index >= 15 is 0 Å². The monoisotopic (exact) mass is 319 g/mol. The lowest BCUT2D eigenvalue weighted by molar-refractivity contribution is 0.102. The fourth-order valence-corrected chi connectivity index (χ4v) is 3.05. The molecule has 21 heavy (non-hydrogen) atoms. The van der Waals surface area contributed by atoms with Crippen LogP contribution >= 0.6 is 11.8 Å². The van der Waals surface area contributed by atoms with Crippen molar-refractivity contribution in [3.8, 4) is 0 Å². The van der Waals surface area contributed by atoms with Crippen LogP contribution in [-0.4, -0.2) is 22.6 Å². The van der Waals surface area contributed by atoms with E-state index in [-0.39, 0.29) is 5.91 Å². The van der Waals surface area contributed by atoms with E-state index in [1.165, 1.54) is 0 Å². The van der Waals surface area contributed by atoms with Gasteiger partial charge in [0, 0.05) is 39.0 Å². The van der Waals surface area contributed by atoms with Crippen LogP contribution in [0.15, 0.2) is 53.4 Å². The van der Waals surface area contributed by atoms with Gasteiger partial charge >= 0.3 is 0 Å². The van der Waals surface area contributed by atoms with Gasteiger partial charge in [0.2, 0.25) is 0 Å². The van der Waals surface area contributed by atoms with E-state index in [1.54, 1.807) is 30.2 Å². The first-order valence-corrected chi connectivity index (χ1v) is 9.38. The number of amides is 1. The highest BCUT2D eigenvalue weighted by atomic mass is 32.2. The Hall–Kier alpha value is -1.59. The molecule has 0 unspecified atom stereocenters. The van der Waals surface area contributed by atoms with Crippen molar-refractivity contribution in [2.45, 2.75) is 10.6 Å². The molecule has 2 aromatic carbocycles. The summed E-state index contributed by atoms with van der Waals surface area (Å²) in [4.78, 5) is 13.4. The van der Waals surface area contributed by atoms with E-state index in [2.05, 4.69) is 5.32 Å². The van der Waals surface area contributed by atoms with Gasteiger partial charge in [0.05, 0.1) is 0 Å². The predicted octanol–water partition coefficient (Wildman–Crippen LogP) is 3.54. The summed E-state index contributed by atoms with van der Waals surface area (Å²) in [7, 11) is -0.915. The molecule has 2 rings (SSSR count). The van der Waals surface area contributed by atoms with Crippen LogP contribution in [0.1, 0.15) is 15.9 Å². The van der Waals surface area contributed by atoms with E-state index in [4.69, 9.17) is 0 Å². The Kier molecular flexibility index (Phi) is 5.59. The van der Waals surface area contributed by atoms with Crippen LogP contribution < -0.4 is 5.32 Å². The van der Waals surface area contributed by atoms with Crippen molar-refractivity contribution in [1.29, 1.82) is 0 Å². The van der Waals surface area contributed by atoms with Crippen molar-refractivity contribution in [3.05, 3.63) is 59.7 Å². The normalized spacial score (nSPS) is 11.9. The molecule has 0 spiro atoms. The van der Waals surface area contributed by atoms with E-state index in [9.17, 15) is 9.00 Å². The Labute approximate surface area is 131 Å². The lowest BCUT2D eigenvalue weighted by Gasteiger charge is -2.07. The summed E-state index contributed by atoms with van der Waals surface area (Å²) in [5.74, 6) is 0.306. The molecule has 1 N–H and O–H groups in total. The summed E-state index contributed by atoms with van der Waals surface area (Å²) in [5, 5.41) is 2.89. The first kappa shape index (κ1) is 15.8. The topological polar surface area (TPSA) is 46.2 Å². The zero-order valence-electron chi connectivity index (χ0n) is 12.0. The van der Waals surface area contributed by atoms with E-state index in [0.717, 1.165) is 16.1 Å². The smallest absolute Gasteiger partial charge is 0.255 e. The molecular weight excluding hydrogens is 302 g/mol. The number of thioether (sulfide) groups is 1. The molecule has 0 aliphatic rings. The molecular formula is C16H17NO2S2. The number of carbonyl (C=O) groups is 1. The molecule has 0 aliphatic carbocycles. The molecule has 3 nitrogen and oxygen atoms in total. The van der Waals surface area contributed by atoms with Crippen LogP contribution in [0, 0.1) is 0 Å². The third-order valence-electron chi connectivity index (χ3n) is 2.89. The van der Waals surface area contributed by atoms with Crippen LogP contribution in [0.3, 0.4) is 0 Å². The Balaban J connectivity index is 2.14. The van der Waals surface area contributed by atoms with E-state index in [0.29, 0.717) is 11.3 Å². The Morgan fingerprint density at radius 1 is 1.19 bits per heavy atom. The number of carbonyl (C=O) groups excluding carboxylic acids is 1. The molecule has 0 heterocycles. The number of hydrogen-bond donors (Lipinski definition) is 1. The van der Waals surface area contributed by atoms with Crippen LogP contribution in [0.5, 0.6) is 0 Å². The van der Waals surface area contributed by atoms with Crippen molar-refractivity contribution < 1.29 is 9.00 Å². The third kappa shape index (κ3) is 4.72. The summed E-state index contributed by atoms with van der Waals surface area (Å²) in [6.45, 7) is 0. The second-order valence-electron chi connectivity index (χ2n) is 4.60. The van der Waals surface area contributed by atoms with Crippen molar-refractivity contribution in [3.63, 3.8) is 0 Å². The highest BCUT2D eigenvalue weighted by molar-refractivity contribution is 7.98. The third-order valence-corrected chi connectivity index (χ3v) is 4.35. The van der Waals surface area contributed by atoms with Crippen LogP contribution in [0.25, 0.3) is 0 Å². The van der Waals surface area contributed by atoms with E-state index < -0.39 is 10.8 Å². The number of nitrogens with one attached hydrogen (secondary N) is 1. The van der Waals surface area contributed by atoms with Crippen LogP contribution in [0.4, 0.5) is 5.69 Å². The minimum Gasteiger partial charge on any atom is -0.322 e. The quantitative estimate of drug-likeness (QED) is 0.858. The van der Waals surface area contributed by atoms with Gasteiger partial charge in [-0.1, -0.05) is 18.2 Å². The number of anilines is 1. The lowest BCUT2D eigenvalue weighted by atomic mass is 10.1. The second-order valence-corrected chi connectivity index (χ2v) is 6.92. The number of benzene rings is 2. The van der Waals surface area contributed by atoms with Crippen molar-refractivity contribution >= 4 is 34.2 Å². The van der Waals surface area contributed by atoms with Gasteiger partial charge in [-0.3, -0.25) is 9.00 Å². The number of rotatable bonds is 5. The minimum atomic E-state index is -0.915. The van der Waals surface area contributed by atoms with Crippen LogP contribution in [-0.2, 0) is 16.6 Å². The molecule has 0 saturated heterocycles. The summed E-state index contributed by atoms with van der Waals surface area (Å²) in [6, 6.07) is 15.0. The SMILES string of the molecule is CSc1cccc(NC(=O)c2cccc(C[S@](C)=O)c2)c1. The molecule has 110 valence electrons. The van der Waals surface area contributed by atoms with Gasteiger partial charge in [-0.25, -0.2) is 0 Å². The number of hydrogen-bond acceptors (Lipinski definition) is 3. The van der Waals surface area contributed by atoms with Gasteiger partial charge in [-0.15, -0.1) is 11.8 Å². The second kappa shape index (κ2) is 7.43. The molecule has 2 aromatic rings. The molecule has 1 amide bonds. The summed E-state index contributed by atoms with van der Waals surface area (Å²) in [6.07, 6.45) is 3.65. The van der Waals surface area contributed by atoms with E-state index in [1.807, 2.05) is 42.7 Å². The van der Waals surface area contributed by atoms with Crippen LogP contribution in [0.2, 0.25) is 0 Å². The maximum Gasteiger partial charge on any atom is 0.255 e. The van der Waals surface area contributed by atoms with Crippen molar-refractivity contribution in [1.82, 2.24) is 0 Å². The molecule has 1 atom stereocenters. The molecule has 0 aliphatic heterocycles. The molecule has 0 aromatic heterocycles. The highest BCUT2D eigenvalue weighted by Gasteiger charge is 2.07. The summed E-state index contributed by atoms with van der Waals surface area (Å²) in [5.41, 5.74) is 2.25. The highest BCUT2D eigenvalue weighted by Crippen LogP contribution is 2.19. The fraction of sp³-hybridized carbons (Fsp3) is 0.188. The first-order chi connectivity index (χ1) is 10.1. The summed E-state index contributed by atoms with van der Waals surface area (Å²) < 4.78 is 11.3. The van der Waals surface area contributed by atoms with Gasteiger partial charge < -0.3 is 5.32 Å². The first-order valence-electron chi connectivity index (χ1n) is 6.43. The van der Waals surface area contributed by atoms with Gasteiger partial charge in [0.25, 0.3) is 5.91 Å². The Morgan fingerprint density at radius 2 is 1.95 bits per heavy atom. The Bertz CT molecular complexity index is 671. The minimum absolute atomic E-state index is 0.156. The predicted molar refractivity (Wildman–Crippen MR) is 90.4 cm³/mol. The zero-order chi connectivity index (χ0) is 15.2. The van der Waals surface area contributed by atoms with Gasteiger partial charge in [-0.2, -0.15) is 0 Å². The maximum atomic E-state index is 12.3. The van der Waals surface area contributed by atoms with Gasteiger partial charge in [-0.05, 0) is 42.2 Å². The van der Waals surface area contributed by atoms with Gasteiger partial charge in [0.1, 0.15) is 0 Å². The lowest BCUT2D eigenvalue weighted by Crippen LogP contribution is -2.12. The van der Waals surface area contributed by atoms with Gasteiger partial charge in [0.15, 0.2) is 0 Å². The maximum absolute atomic E-state index is 12.3. The molecule has 0 bridgehead atoms. The van der Waals surface area contributed by atoms with Crippen molar-refractivity contribution in [2.24, 2.45) is 0 Å².